The van der Waals surface area contributed by atoms with E-state index in [2.05, 4.69) is 66.1 Å². The summed E-state index contributed by atoms with van der Waals surface area (Å²) >= 11 is 3.68. The van der Waals surface area contributed by atoms with E-state index in [-0.39, 0.29) is 0 Å². The number of hydrogen-bond acceptors (Lipinski definition) is 2. The molecule has 0 fully saturated rings. The highest BCUT2D eigenvalue weighted by molar-refractivity contribution is 8.02. The number of thioether (sulfide) groups is 2. The molecule has 0 aromatic heterocycles. The van der Waals surface area contributed by atoms with Gasteiger partial charge < -0.3 is 0 Å². The van der Waals surface area contributed by atoms with Gasteiger partial charge in [-0.15, -0.1) is 11.8 Å². The van der Waals surface area contributed by atoms with Gasteiger partial charge in [-0.05, 0) is 36.1 Å². The highest BCUT2D eigenvalue weighted by Gasteiger charge is 1.90. The first-order chi connectivity index (χ1) is 8.95. The molecule has 0 atom stereocenters. The third kappa shape index (κ3) is 5.03. The molecule has 0 saturated heterocycles. The lowest BCUT2D eigenvalue weighted by Crippen LogP contribution is -1.75. The van der Waals surface area contributed by atoms with Crippen molar-refractivity contribution in [1.82, 2.24) is 0 Å². The number of allylic oxidation sites excluding steroid dienone is 1. The summed E-state index contributed by atoms with van der Waals surface area (Å²) in [5, 5.41) is 2.18. The smallest absolute Gasteiger partial charge is 0.0116 e. The summed E-state index contributed by atoms with van der Waals surface area (Å²) in [6.45, 7) is 0. The largest absolute Gasteiger partial charge is 0.126 e. The highest BCUT2D eigenvalue weighted by Crippen LogP contribution is 2.20. The first kappa shape index (κ1) is 13.3. The van der Waals surface area contributed by atoms with Crippen molar-refractivity contribution in [3.05, 3.63) is 72.1 Å². The second kappa shape index (κ2) is 8.06. The van der Waals surface area contributed by atoms with Crippen molar-refractivity contribution in [2.75, 3.05) is 5.75 Å². The van der Waals surface area contributed by atoms with Gasteiger partial charge in [0, 0.05) is 15.5 Å². The summed E-state index contributed by atoms with van der Waals surface area (Å²) in [7, 11) is 0. The molecule has 2 aromatic carbocycles. The van der Waals surface area contributed by atoms with E-state index in [0.717, 1.165) is 12.2 Å². The Morgan fingerprint density at radius 3 is 2.06 bits per heavy atom. The fourth-order valence-corrected chi connectivity index (χ4v) is 3.00. The van der Waals surface area contributed by atoms with E-state index in [0.29, 0.717) is 0 Å². The molecule has 0 radical (unpaired) electrons. The molecule has 18 heavy (non-hydrogen) atoms. The number of rotatable bonds is 6. The van der Waals surface area contributed by atoms with E-state index in [1.165, 1.54) is 9.79 Å². The highest BCUT2D eigenvalue weighted by atomic mass is 32.2. The van der Waals surface area contributed by atoms with Crippen molar-refractivity contribution in [2.24, 2.45) is 0 Å². The van der Waals surface area contributed by atoms with Gasteiger partial charge in [0.05, 0.1) is 0 Å². The van der Waals surface area contributed by atoms with Crippen molar-refractivity contribution >= 4 is 23.5 Å². The Hall–Kier alpha value is -1.12. The topological polar surface area (TPSA) is 0 Å². The predicted molar refractivity (Wildman–Crippen MR) is 83.2 cm³/mol. The third-order valence-electron chi connectivity index (χ3n) is 2.34. The average molecular weight is 272 g/mol. The average Bonchev–Trinajstić information content (AvgIpc) is 2.45. The van der Waals surface area contributed by atoms with Crippen LogP contribution in [0.25, 0.3) is 0 Å². The van der Waals surface area contributed by atoms with Gasteiger partial charge >= 0.3 is 0 Å². The third-order valence-corrected chi connectivity index (χ3v) is 4.26. The molecule has 2 heteroatoms. The standard InChI is InChI=1S/C16H16S2/c1-3-9-15(10-4-1)17-13-7-8-14-18-16-11-5-2-6-12-16/h1-7,9-13H,8,14H2. The minimum atomic E-state index is 1.11. The Kier molecular flexibility index (Phi) is 5.97. The van der Waals surface area contributed by atoms with Crippen LogP contribution in [0.3, 0.4) is 0 Å². The van der Waals surface area contributed by atoms with Gasteiger partial charge in [0.15, 0.2) is 0 Å². The van der Waals surface area contributed by atoms with Crippen LogP contribution in [-0.2, 0) is 0 Å². The predicted octanol–water partition coefficient (Wildman–Crippen LogP) is 5.47. The van der Waals surface area contributed by atoms with Crippen LogP contribution >= 0.6 is 23.5 Å². The lowest BCUT2D eigenvalue weighted by molar-refractivity contribution is 1.24. The molecule has 2 aromatic rings. The molecule has 0 spiro atoms. The van der Waals surface area contributed by atoms with Crippen molar-refractivity contribution in [3.63, 3.8) is 0 Å². The minimum Gasteiger partial charge on any atom is -0.126 e. The van der Waals surface area contributed by atoms with Crippen LogP contribution in [0.4, 0.5) is 0 Å². The molecule has 0 N–H and O–H groups in total. The monoisotopic (exact) mass is 272 g/mol. The molecule has 2 rings (SSSR count). The van der Waals surface area contributed by atoms with Gasteiger partial charge in [-0.3, -0.25) is 0 Å². The van der Waals surface area contributed by atoms with Gasteiger partial charge in [0.25, 0.3) is 0 Å². The molecular weight excluding hydrogens is 256 g/mol. The number of benzene rings is 2. The molecule has 0 bridgehead atoms. The molecule has 0 aliphatic carbocycles. The maximum absolute atomic E-state index is 2.24. The maximum Gasteiger partial charge on any atom is 0.0116 e. The van der Waals surface area contributed by atoms with Crippen LogP contribution in [0.2, 0.25) is 0 Å². The van der Waals surface area contributed by atoms with Crippen LogP contribution in [0, 0.1) is 0 Å². The number of hydrogen-bond donors (Lipinski definition) is 0. The van der Waals surface area contributed by atoms with E-state index in [1.807, 2.05) is 17.8 Å². The SMILES string of the molecule is C(=CSc1ccccc1)CCSc1ccccc1. The van der Waals surface area contributed by atoms with Gasteiger partial charge in [0.1, 0.15) is 0 Å². The van der Waals surface area contributed by atoms with E-state index in [9.17, 15) is 0 Å². The molecule has 0 aliphatic heterocycles. The molecular formula is C16H16S2. The molecule has 0 nitrogen and oxygen atoms in total. The maximum atomic E-state index is 2.24. The quantitative estimate of drug-likeness (QED) is 0.505. The zero-order valence-electron chi connectivity index (χ0n) is 10.2. The van der Waals surface area contributed by atoms with E-state index in [1.54, 1.807) is 11.8 Å². The Balaban J connectivity index is 1.64. The van der Waals surface area contributed by atoms with Crippen molar-refractivity contribution in [2.45, 2.75) is 16.2 Å². The fourth-order valence-electron chi connectivity index (χ4n) is 1.46. The van der Waals surface area contributed by atoms with E-state index < -0.39 is 0 Å². The Morgan fingerprint density at radius 2 is 1.39 bits per heavy atom. The zero-order valence-corrected chi connectivity index (χ0v) is 11.8. The van der Waals surface area contributed by atoms with Gasteiger partial charge in [0.2, 0.25) is 0 Å². The summed E-state index contributed by atoms with van der Waals surface area (Å²) in [6, 6.07) is 21.0. The second-order valence-electron chi connectivity index (χ2n) is 3.75. The van der Waals surface area contributed by atoms with Crippen LogP contribution < -0.4 is 0 Å². The molecule has 0 amide bonds. The Labute approximate surface area is 118 Å². The lowest BCUT2D eigenvalue weighted by Gasteiger charge is -1.98. The molecule has 0 saturated carbocycles. The van der Waals surface area contributed by atoms with Crippen LogP contribution in [-0.4, -0.2) is 5.75 Å². The first-order valence-electron chi connectivity index (χ1n) is 6.00. The van der Waals surface area contributed by atoms with Crippen molar-refractivity contribution < 1.29 is 0 Å². The Bertz CT molecular complexity index is 463. The van der Waals surface area contributed by atoms with Crippen LogP contribution in [0.1, 0.15) is 6.42 Å². The summed E-state index contributed by atoms with van der Waals surface area (Å²) in [5.74, 6) is 1.13. The summed E-state index contributed by atoms with van der Waals surface area (Å²) in [6.07, 6.45) is 3.35. The van der Waals surface area contributed by atoms with Crippen molar-refractivity contribution in [1.29, 1.82) is 0 Å². The molecule has 0 heterocycles. The summed E-state index contributed by atoms with van der Waals surface area (Å²) < 4.78 is 0. The zero-order chi connectivity index (χ0) is 12.5. The van der Waals surface area contributed by atoms with Gasteiger partial charge in [-0.2, -0.15) is 0 Å². The second-order valence-corrected chi connectivity index (χ2v) is 5.90. The first-order valence-corrected chi connectivity index (χ1v) is 7.86. The Morgan fingerprint density at radius 1 is 0.778 bits per heavy atom. The normalized spacial score (nSPS) is 10.9. The van der Waals surface area contributed by atoms with Crippen molar-refractivity contribution in [3.8, 4) is 0 Å². The van der Waals surface area contributed by atoms with Crippen LogP contribution in [0.15, 0.2) is 81.9 Å². The molecule has 0 aliphatic rings. The van der Waals surface area contributed by atoms with E-state index >= 15 is 0 Å². The summed E-state index contributed by atoms with van der Waals surface area (Å²) in [5.41, 5.74) is 0. The fraction of sp³-hybridized carbons (Fsp3) is 0.125. The van der Waals surface area contributed by atoms with E-state index in [4.69, 9.17) is 0 Å². The minimum absolute atomic E-state index is 1.11. The molecule has 92 valence electrons. The van der Waals surface area contributed by atoms with Gasteiger partial charge in [-0.1, -0.05) is 54.2 Å². The van der Waals surface area contributed by atoms with Gasteiger partial charge in [-0.25, -0.2) is 0 Å². The van der Waals surface area contributed by atoms with Crippen LogP contribution in [0.5, 0.6) is 0 Å². The molecule has 0 unspecified atom stereocenters. The summed E-state index contributed by atoms with van der Waals surface area (Å²) in [4.78, 5) is 2.64. The lowest BCUT2D eigenvalue weighted by atomic mass is 10.4.